The molecule has 0 aliphatic carbocycles. The van der Waals surface area contributed by atoms with Crippen LogP contribution in [0.1, 0.15) is 34.2 Å². The average molecular weight is 450 g/mol. The molecule has 1 aliphatic heterocycles. The van der Waals surface area contributed by atoms with E-state index in [9.17, 15) is 4.79 Å². The molecule has 0 spiro atoms. The van der Waals surface area contributed by atoms with Gasteiger partial charge in [0.15, 0.2) is 0 Å². The van der Waals surface area contributed by atoms with Gasteiger partial charge >= 0.3 is 0 Å². The summed E-state index contributed by atoms with van der Waals surface area (Å²) in [7, 11) is 0. The Kier molecular flexibility index (Phi) is 7.75. The van der Waals surface area contributed by atoms with E-state index in [1.807, 2.05) is 56.3 Å². The molecule has 174 valence electrons. The highest BCUT2D eigenvalue weighted by Crippen LogP contribution is 2.21. The van der Waals surface area contributed by atoms with Crippen LogP contribution in [0.3, 0.4) is 0 Å². The van der Waals surface area contributed by atoms with Crippen LogP contribution in [0.5, 0.6) is 5.75 Å². The van der Waals surface area contributed by atoms with Crippen molar-refractivity contribution < 1.29 is 18.8 Å². The molecule has 3 aromatic rings. The van der Waals surface area contributed by atoms with E-state index < -0.39 is 0 Å². The lowest BCUT2D eigenvalue weighted by Gasteiger charge is -2.35. The van der Waals surface area contributed by atoms with Crippen LogP contribution in [0.2, 0.25) is 0 Å². The summed E-state index contributed by atoms with van der Waals surface area (Å²) < 4.78 is 16.5. The molecule has 1 fully saturated rings. The number of benzene rings is 2. The van der Waals surface area contributed by atoms with Gasteiger partial charge in [-0.3, -0.25) is 9.69 Å². The van der Waals surface area contributed by atoms with E-state index in [-0.39, 0.29) is 11.9 Å². The number of nitrogens with zero attached hydrogens (tertiary/aromatic N) is 2. The van der Waals surface area contributed by atoms with E-state index in [0.717, 1.165) is 54.6 Å². The fraction of sp³-hybridized carbons (Fsp3) is 0.385. The molecule has 1 atom stereocenters. The van der Waals surface area contributed by atoms with Crippen LogP contribution in [-0.2, 0) is 22.6 Å². The second-order valence-electron chi connectivity index (χ2n) is 8.29. The molecule has 1 N–H and O–H groups in total. The summed E-state index contributed by atoms with van der Waals surface area (Å²) in [5, 5.41) is 7.07. The molecule has 7 heteroatoms. The van der Waals surface area contributed by atoms with E-state index in [1.54, 1.807) is 0 Å². The van der Waals surface area contributed by atoms with Crippen molar-refractivity contribution in [1.29, 1.82) is 0 Å². The number of carbonyl (C=O) groups is 1. The summed E-state index contributed by atoms with van der Waals surface area (Å²) in [6, 6.07) is 18.1. The van der Waals surface area contributed by atoms with Crippen molar-refractivity contribution in [2.75, 3.05) is 32.8 Å². The van der Waals surface area contributed by atoms with Gasteiger partial charge in [-0.1, -0.05) is 47.6 Å². The van der Waals surface area contributed by atoms with Gasteiger partial charge in [0.1, 0.15) is 18.1 Å². The maximum Gasteiger partial charge on any atom is 0.224 e. The zero-order valence-corrected chi connectivity index (χ0v) is 19.3. The molecular weight excluding hydrogens is 418 g/mol. The number of hydrogen-bond donors (Lipinski definition) is 1. The third-order valence-electron chi connectivity index (χ3n) is 6.02. The monoisotopic (exact) mass is 449 g/mol. The van der Waals surface area contributed by atoms with Gasteiger partial charge in [-0.05, 0) is 37.1 Å². The van der Waals surface area contributed by atoms with Gasteiger partial charge in [-0.25, -0.2) is 0 Å². The van der Waals surface area contributed by atoms with Crippen LogP contribution in [0.15, 0.2) is 59.1 Å². The predicted molar refractivity (Wildman–Crippen MR) is 125 cm³/mol. The van der Waals surface area contributed by atoms with Gasteiger partial charge in [-0.2, -0.15) is 0 Å². The molecule has 1 aromatic heterocycles. The summed E-state index contributed by atoms with van der Waals surface area (Å²) in [4.78, 5) is 15.0. The summed E-state index contributed by atoms with van der Waals surface area (Å²) in [5.41, 5.74) is 3.96. The van der Waals surface area contributed by atoms with Crippen LogP contribution in [-0.4, -0.2) is 48.8 Å². The predicted octanol–water partition coefficient (Wildman–Crippen LogP) is 3.60. The lowest BCUT2D eigenvalue weighted by Crippen LogP contribution is -2.44. The molecule has 2 aromatic carbocycles. The highest BCUT2D eigenvalue weighted by molar-refractivity contribution is 5.78. The van der Waals surface area contributed by atoms with Crippen molar-refractivity contribution >= 4 is 5.91 Å². The molecule has 1 unspecified atom stereocenters. The van der Waals surface area contributed by atoms with Crippen LogP contribution >= 0.6 is 0 Å². The average Bonchev–Trinajstić information content (AvgIpc) is 3.17. The van der Waals surface area contributed by atoms with E-state index in [2.05, 4.69) is 27.5 Å². The summed E-state index contributed by atoms with van der Waals surface area (Å²) in [6.07, 6.45) is 0.328. The Balaban J connectivity index is 1.30. The van der Waals surface area contributed by atoms with Gasteiger partial charge in [-0.15, -0.1) is 0 Å². The largest absolute Gasteiger partial charge is 0.489 e. The van der Waals surface area contributed by atoms with Crippen LogP contribution in [0.4, 0.5) is 0 Å². The lowest BCUT2D eigenvalue weighted by atomic mass is 10.0. The standard InChI is InChI=1S/C26H31N3O4/c1-19-24(20(2)33-28-19)18-32-23-10-8-21(9-11-23)16-26(30)27-17-25(22-6-4-3-5-7-22)29-12-14-31-15-13-29/h3-11,25H,12-18H2,1-2H3,(H,27,30). The first kappa shape index (κ1) is 23.0. The van der Waals surface area contributed by atoms with Crippen molar-refractivity contribution in [1.82, 2.24) is 15.4 Å². The highest BCUT2D eigenvalue weighted by Gasteiger charge is 2.23. The normalized spacial score (nSPS) is 15.2. The molecule has 7 nitrogen and oxygen atoms in total. The number of aryl methyl sites for hydroxylation is 2. The van der Waals surface area contributed by atoms with Gasteiger partial charge < -0.3 is 19.3 Å². The van der Waals surface area contributed by atoms with Crippen LogP contribution in [0.25, 0.3) is 0 Å². The SMILES string of the molecule is Cc1noc(C)c1COc1ccc(CC(=O)NCC(c2ccccc2)N2CCOCC2)cc1. The van der Waals surface area contributed by atoms with E-state index in [4.69, 9.17) is 14.0 Å². The van der Waals surface area contributed by atoms with E-state index in [0.29, 0.717) is 19.6 Å². The molecule has 2 heterocycles. The quantitative estimate of drug-likeness (QED) is 0.538. The minimum absolute atomic E-state index is 0.00794. The zero-order chi connectivity index (χ0) is 23.0. The second kappa shape index (κ2) is 11.1. The molecular formula is C26H31N3O4. The van der Waals surface area contributed by atoms with Crippen molar-refractivity contribution in [2.24, 2.45) is 0 Å². The number of nitrogens with one attached hydrogen (secondary N) is 1. The zero-order valence-electron chi connectivity index (χ0n) is 19.3. The molecule has 0 bridgehead atoms. The first-order valence-electron chi connectivity index (χ1n) is 11.4. The Morgan fingerprint density at radius 2 is 1.82 bits per heavy atom. The minimum Gasteiger partial charge on any atom is -0.489 e. The fourth-order valence-corrected chi connectivity index (χ4v) is 4.05. The molecule has 1 amide bonds. The van der Waals surface area contributed by atoms with Gasteiger partial charge in [0.25, 0.3) is 0 Å². The number of ether oxygens (including phenoxy) is 2. The Morgan fingerprint density at radius 1 is 1.09 bits per heavy atom. The molecule has 1 aliphatic rings. The maximum atomic E-state index is 12.7. The topological polar surface area (TPSA) is 76.8 Å². The van der Waals surface area contributed by atoms with Crippen molar-refractivity contribution in [3.8, 4) is 5.75 Å². The van der Waals surface area contributed by atoms with Crippen molar-refractivity contribution in [3.63, 3.8) is 0 Å². The third-order valence-corrected chi connectivity index (χ3v) is 6.02. The molecule has 0 radical (unpaired) electrons. The molecule has 4 rings (SSSR count). The number of carbonyl (C=O) groups excluding carboxylic acids is 1. The second-order valence-corrected chi connectivity index (χ2v) is 8.29. The van der Waals surface area contributed by atoms with Gasteiger partial charge in [0, 0.05) is 19.6 Å². The molecule has 33 heavy (non-hydrogen) atoms. The summed E-state index contributed by atoms with van der Waals surface area (Å²) in [6.45, 7) is 7.94. The number of rotatable bonds is 9. The Labute approximate surface area is 194 Å². The number of aromatic nitrogens is 1. The summed E-state index contributed by atoms with van der Waals surface area (Å²) in [5.74, 6) is 1.52. The molecule has 1 saturated heterocycles. The highest BCUT2D eigenvalue weighted by atomic mass is 16.5. The van der Waals surface area contributed by atoms with Crippen molar-refractivity contribution in [3.05, 3.63) is 82.7 Å². The smallest absolute Gasteiger partial charge is 0.224 e. The van der Waals surface area contributed by atoms with Crippen LogP contribution in [0, 0.1) is 13.8 Å². The number of amides is 1. The summed E-state index contributed by atoms with van der Waals surface area (Å²) >= 11 is 0. The van der Waals surface area contributed by atoms with E-state index >= 15 is 0 Å². The Bertz CT molecular complexity index is 1010. The maximum absolute atomic E-state index is 12.7. The first-order valence-corrected chi connectivity index (χ1v) is 11.4. The van der Waals surface area contributed by atoms with Crippen molar-refractivity contribution in [2.45, 2.75) is 32.9 Å². The lowest BCUT2D eigenvalue weighted by molar-refractivity contribution is -0.120. The Morgan fingerprint density at radius 3 is 2.48 bits per heavy atom. The van der Waals surface area contributed by atoms with Gasteiger partial charge in [0.05, 0.1) is 36.9 Å². The first-order chi connectivity index (χ1) is 16.1. The minimum atomic E-state index is 0.00794. The number of morpholine rings is 1. The van der Waals surface area contributed by atoms with Gasteiger partial charge in [0.2, 0.25) is 5.91 Å². The van der Waals surface area contributed by atoms with E-state index in [1.165, 1.54) is 5.56 Å². The van der Waals surface area contributed by atoms with Crippen LogP contribution < -0.4 is 10.1 Å². The Hall–Kier alpha value is -3.16. The number of hydrogen-bond acceptors (Lipinski definition) is 6. The third kappa shape index (κ3) is 6.21. The molecule has 0 saturated carbocycles. The fourth-order valence-electron chi connectivity index (χ4n) is 4.05.